The largest absolute Gasteiger partial charge is 0.392 e. The van der Waals surface area contributed by atoms with Crippen LogP contribution < -0.4 is 0 Å². The first-order valence-corrected chi connectivity index (χ1v) is 4.40. The fraction of sp³-hybridized carbons (Fsp3) is 0.800. The van der Waals surface area contributed by atoms with Gasteiger partial charge in [-0.2, -0.15) is 0 Å². The van der Waals surface area contributed by atoms with Crippen molar-refractivity contribution in [3.63, 3.8) is 0 Å². The molecule has 0 aromatic rings. The van der Waals surface area contributed by atoms with Crippen LogP contribution in [0.15, 0.2) is 11.1 Å². The van der Waals surface area contributed by atoms with Crippen LogP contribution in [0, 0.1) is 11.3 Å². The number of allylic oxidation sites excluding steroid dienone is 1. The molecule has 1 fully saturated rings. The topological polar surface area (TPSA) is 20.2 Å². The van der Waals surface area contributed by atoms with Crippen molar-refractivity contribution in [2.45, 2.75) is 39.7 Å². The van der Waals surface area contributed by atoms with Gasteiger partial charge in [0.25, 0.3) is 0 Å². The summed E-state index contributed by atoms with van der Waals surface area (Å²) in [6, 6.07) is 0. The first kappa shape index (κ1) is 7.35. The second kappa shape index (κ2) is 1.89. The fourth-order valence-corrected chi connectivity index (χ4v) is 2.75. The third kappa shape index (κ3) is 0.750. The maximum absolute atomic E-state index is 9.69. The summed E-state index contributed by atoms with van der Waals surface area (Å²) in [6.07, 6.45) is 2.01. The molecule has 1 N–H and O–H groups in total. The Morgan fingerprint density at radius 1 is 1.36 bits per heavy atom. The molecule has 2 atom stereocenters. The van der Waals surface area contributed by atoms with Gasteiger partial charge in [0, 0.05) is 0 Å². The lowest BCUT2D eigenvalue weighted by Crippen LogP contribution is -2.49. The van der Waals surface area contributed by atoms with E-state index in [4.69, 9.17) is 0 Å². The predicted molar refractivity (Wildman–Crippen MR) is 45.2 cm³/mol. The Morgan fingerprint density at radius 3 is 2.36 bits per heavy atom. The number of hydrogen-bond acceptors (Lipinski definition) is 1. The van der Waals surface area contributed by atoms with Crippen molar-refractivity contribution in [2.75, 3.05) is 0 Å². The fourth-order valence-electron chi connectivity index (χ4n) is 2.75. The molecule has 11 heavy (non-hydrogen) atoms. The molecule has 0 spiro atoms. The molecule has 1 nitrogen and oxygen atoms in total. The number of hydrogen-bond donors (Lipinski definition) is 1. The smallest absolute Gasteiger partial charge is 0.0616 e. The van der Waals surface area contributed by atoms with Crippen molar-refractivity contribution in [2.24, 2.45) is 11.3 Å². The number of aliphatic hydroxyl groups is 1. The minimum Gasteiger partial charge on any atom is -0.392 e. The minimum atomic E-state index is -0.0671. The zero-order valence-electron chi connectivity index (χ0n) is 7.52. The number of rotatable bonds is 0. The highest BCUT2D eigenvalue weighted by Gasteiger charge is 2.50. The molecule has 1 saturated carbocycles. The summed E-state index contributed by atoms with van der Waals surface area (Å²) < 4.78 is 0. The number of aliphatic hydroxyl groups excluding tert-OH is 1. The quantitative estimate of drug-likeness (QED) is 0.527. The summed E-state index contributed by atoms with van der Waals surface area (Å²) >= 11 is 0. The zero-order valence-corrected chi connectivity index (χ0v) is 7.52. The van der Waals surface area contributed by atoms with E-state index in [0.29, 0.717) is 11.3 Å². The average Bonchev–Trinajstić information content (AvgIpc) is 1.84. The van der Waals surface area contributed by atoms with Crippen molar-refractivity contribution in [1.82, 2.24) is 0 Å². The number of fused-ring (bicyclic) bond motifs is 2. The Hall–Kier alpha value is -0.300. The van der Waals surface area contributed by atoms with Crippen molar-refractivity contribution in [3.05, 3.63) is 11.1 Å². The van der Waals surface area contributed by atoms with Gasteiger partial charge in [0.05, 0.1) is 6.10 Å². The van der Waals surface area contributed by atoms with Crippen LogP contribution in [0.4, 0.5) is 0 Å². The summed E-state index contributed by atoms with van der Waals surface area (Å²) in [5.74, 6) is 0.543. The highest BCUT2D eigenvalue weighted by molar-refractivity contribution is 5.34. The van der Waals surface area contributed by atoms with Gasteiger partial charge in [-0.3, -0.25) is 0 Å². The molecule has 2 bridgehead atoms. The summed E-state index contributed by atoms with van der Waals surface area (Å²) in [7, 11) is 0. The second-order valence-corrected chi connectivity index (χ2v) is 4.56. The van der Waals surface area contributed by atoms with Crippen molar-refractivity contribution in [1.29, 1.82) is 0 Å². The van der Waals surface area contributed by atoms with Gasteiger partial charge in [-0.1, -0.05) is 25.0 Å². The molecule has 0 amide bonds. The molecule has 0 heterocycles. The lowest BCUT2D eigenvalue weighted by atomic mass is 9.51. The highest BCUT2D eigenvalue weighted by atomic mass is 16.3. The highest BCUT2D eigenvalue weighted by Crippen LogP contribution is 2.58. The third-order valence-electron chi connectivity index (χ3n) is 3.62. The summed E-state index contributed by atoms with van der Waals surface area (Å²) in [6.45, 7) is 6.67. The lowest BCUT2D eigenvalue weighted by molar-refractivity contribution is -0.00925. The van der Waals surface area contributed by atoms with Gasteiger partial charge in [0.2, 0.25) is 0 Å². The molecule has 3 rings (SSSR count). The van der Waals surface area contributed by atoms with Gasteiger partial charge in [-0.05, 0) is 31.1 Å². The van der Waals surface area contributed by atoms with Crippen LogP contribution in [0.2, 0.25) is 0 Å². The predicted octanol–water partition coefficient (Wildman–Crippen LogP) is 2.11. The lowest BCUT2D eigenvalue weighted by Gasteiger charge is -2.54. The van der Waals surface area contributed by atoms with E-state index in [1.165, 1.54) is 5.57 Å². The van der Waals surface area contributed by atoms with Gasteiger partial charge in [-0.15, -0.1) is 0 Å². The maximum atomic E-state index is 9.69. The van der Waals surface area contributed by atoms with Crippen LogP contribution in [0.3, 0.4) is 0 Å². The second-order valence-electron chi connectivity index (χ2n) is 4.56. The summed E-state index contributed by atoms with van der Waals surface area (Å²) in [4.78, 5) is 0. The SMILES string of the molecule is CC1=C2CC(C(O)C1)C2(C)C. The van der Waals surface area contributed by atoms with Crippen LogP contribution in [-0.4, -0.2) is 11.2 Å². The van der Waals surface area contributed by atoms with Gasteiger partial charge in [0.15, 0.2) is 0 Å². The summed E-state index contributed by atoms with van der Waals surface area (Å²) in [5, 5.41) is 9.69. The van der Waals surface area contributed by atoms with E-state index in [0.717, 1.165) is 12.8 Å². The average molecular weight is 152 g/mol. The Kier molecular flexibility index (Phi) is 1.26. The molecule has 0 saturated heterocycles. The van der Waals surface area contributed by atoms with Crippen LogP contribution in [0.25, 0.3) is 0 Å². The molecule has 0 aliphatic heterocycles. The van der Waals surface area contributed by atoms with Crippen LogP contribution in [0.1, 0.15) is 33.6 Å². The van der Waals surface area contributed by atoms with Gasteiger partial charge in [-0.25, -0.2) is 0 Å². The molecule has 0 aromatic heterocycles. The first-order valence-electron chi connectivity index (χ1n) is 4.40. The van der Waals surface area contributed by atoms with Gasteiger partial charge >= 0.3 is 0 Å². The Labute approximate surface area is 68.1 Å². The molecular weight excluding hydrogens is 136 g/mol. The summed E-state index contributed by atoms with van der Waals surface area (Å²) in [5.41, 5.74) is 3.35. The van der Waals surface area contributed by atoms with Gasteiger partial charge in [0.1, 0.15) is 0 Å². The molecule has 0 radical (unpaired) electrons. The first-order chi connectivity index (χ1) is 5.03. The Bertz CT molecular complexity index is 225. The van der Waals surface area contributed by atoms with E-state index >= 15 is 0 Å². The van der Waals surface area contributed by atoms with Crippen molar-refractivity contribution < 1.29 is 5.11 Å². The molecule has 0 aromatic carbocycles. The van der Waals surface area contributed by atoms with E-state index in [-0.39, 0.29) is 6.10 Å². The molecular formula is C10H16O. The molecule has 2 unspecified atom stereocenters. The van der Waals surface area contributed by atoms with E-state index in [9.17, 15) is 5.11 Å². The van der Waals surface area contributed by atoms with Crippen molar-refractivity contribution in [3.8, 4) is 0 Å². The molecule has 1 heteroatoms. The monoisotopic (exact) mass is 152 g/mol. The minimum absolute atomic E-state index is 0.0671. The Morgan fingerprint density at radius 2 is 2.00 bits per heavy atom. The normalized spacial score (nSPS) is 40.4. The van der Waals surface area contributed by atoms with E-state index in [1.54, 1.807) is 5.57 Å². The molecule has 3 aliphatic carbocycles. The van der Waals surface area contributed by atoms with Crippen molar-refractivity contribution >= 4 is 0 Å². The van der Waals surface area contributed by atoms with E-state index < -0.39 is 0 Å². The van der Waals surface area contributed by atoms with Gasteiger partial charge < -0.3 is 5.11 Å². The zero-order chi connectivity index (χ0) is 8.22. The standard InChI is InChI=1S/C10H16O/c1-6-4-9(11)8-5-7(6)10(8,2)3/h8-9,11H,4-5H2,1-3H3. The molecule has 3 aliphatic rings. The van der Waals surface area contributed by atoms with E-state index in [1.807, 2.05) is 0 Å². The Balaban J connectivity index is 2.39. The molecule has 62 valence electrons. The van der Waals surface area contributed by atoms with Crippen LogP contribution in [-0.2, 0) is 0 Å². The van der Waals surface area contributed by atoms with Crippen LogP contribution in [0.5, 0.6) is 0 Å². The maximum Gasteiger partial charge on any atom is 0.0616 e. The van der Waals surface area contributed by atoms with Crippen LogP contribution >= 0.6 is 0 Å². The third-order valence-corrected chi connectivity index (χ3v) is 3.62. The van der Waals surface area contributed by atoms with E-state index in [2.05, 4.69) is 20.8 Å².